The van der Waals surface area contributed by atoms with E-state index < -0.39 is 6.03 Å². The van der Waals surface area contributed by atoms with E-state index in [2.05, 4.69) is 20.4 Å². The van der Waals surface area contributed by atoms with Crippen molar-refractivity contribution in [2.75, 3.05) is 11.9 Å². The van der Waals surface area contributed by atoms with Crippen molar-refractivity contribution < 1.29 is 9.32 Å². The van der Waals surface area contributed by atoms with Gasteiger partial charge in [0.2, 0.25) is 5.89 Å². The zero-order valence-electron chi connectivity index (χ0n) is 14.2. The fourth-order valence-corrected chi connectivity index (χ4v) is 3.43. The summed E-state index contributed by atoms with van der Waals surface area (Å²) in [5.74, 6) is 1.46. The number of anilines is 1. The summed E-state index contributed by atoms with van der Waals surface area (Å²) in [6, 6.07) is -0.406. The minimum atomic E-state index is -0.406. The van der Waals surface area contributed by atoms with Crippen LogP contribution in [0.25, 0.3) is 4.96 Å². The largest absolute Gasteiger partial charge is 0.339 e. The van der Waals surface area contributed by atoms with Gasteiger partial charge >= 0.3 is 6.03 Å². The predicted octanol–water partition coefficient (Wildman–Crippen LogP) is 2.46. The van der Waals surface area contributed by atoms with Crippen LogP contribution in [0.4, 0.5) is 10.5 Å². The van der Waals surface area contributed by atoms with Crippen molar-refractivity contribution in [3.05, 3.63) is 39.8 Å². The third-order valence-electron chi connectivity index (χ3n) is 4.52. The summed E-state index contributed by atoms with van der Waals surface area (Å²) in [6.45, 7) is 2.50. The maximum absolute atomic E-state index is 12.5. The van der Waals surface area contributed by atoms with E-state index in [4.69, 9.17) is 4.52 Å². The van der Waals surface area contributed by atoms with Crippen molar-refractivity contribution in [2.45, 2.75) is 38.6 Å². The number of fused-ring (bicyclic) bond motifs is 1. The fraction of sp³-hybridized carbons (Fsp3) is 0.438. The first-order valence-corrected chi connectivity index (χ1v) is 9.37. The molecule has 26 heavy (non-hydrogen) atoms. The third kappa shape index (κ3) is 3.07. The van der Waals surface area contributed by atoms with Crippen LogP contribution in [-0.4, -0.2) is 37.0 Å². The standard InChI is InChI=1S/C16H18N6O3S/c1-2-21(9-12-19-13(25-20-12)10-4-3-5-10)15(24)18-11-8-17-16-22(14(11)23)6-7-26-16/h6-8,10H,2-5,9H2,1H3,(H,18,24). The van der Waals surface area contributed by atoms with E-state index in [0.29, 0.717) is 29.1 Å². The average Bonchev–Trinajstić information content (AvgIpc) is 3.23. The number of aromatic nitrogens is 4. The highest BCUT2D eigenvalue weighted by Crippen LogP contribution is 2.35. The summed E-state index contributed by atoms with van der Waals surface area (Å²) >= 11 is 1.35. The molecule has 2 amide bonds. The fourth-order valence-electron chi connectivity index (χ4n) is 2.76. The zero-order chi connectivity index (χ0) is 18.1. The number of carbonyl (C=O) groups is 1. The number of hydrogen-bond acceptors (Lipinski definition) is 7. The van der Waals surface area contributed by atoms with E-state index in [1.165, 1.54) is 33.3 Å². The van der Waals surface area contributed by atoms with Gasteiger partial charge in [-0.05, 0) is 19.8 Å². The molecular weight excluding hydrogens is 356 g/mol. The minimum Gasteiger partial charge on any atom is -0.339 e. The Morgan fingerprint density at radius 1 is 1.50 bits per heavy atom. The Morgan fingerprint density at radius 3 is 3.08 bits per heavy atom. The Balaban J connectivity index is 1.47. The number of nitrogens with zero attached hydrogens (tertiary/aromatic N) is 5. The van der Waals surface area contributed by atoms with E-state index in [-0.39, 0.29) is 17.8 Å². The first kappa shape index (κ1) is 16.7. The van der Waals surface area contributed by atoms with Crippen LogP contribution in [0.15, 0.2) is 27.1 Å². The van der Waals surface area contributed by atoms with Crippen LogP contribution < -0.4 is 10.9 Å². The topological polar surface area (TPSA) is 106 Å². The van der Waals surface area contributed by atoms with Crippen LogP contribution in [0.1, 0.15) is 43.8 Å². The highest BCUT2D eigenvalue weighted by molar-refractivity contribution is 7.15. The van der Waals surface area contributed by atoms with E-state index >= 15 is 0 Å². The maximum Gasteiger partial charge on any atom is 0.322 e. The molecule has 1 fully saturated rings. The number of amides is 2. The lowest BCUT2D eigenvalue weighted by atomic mass is 9.85. The van der Waals surface area contributed by atoms with E-state index in [9.17, 15) is 9.59 Å². The summed E-state index contributed by atoms with van der Waals surface area (Å²) < 4.78 is 6.69. The van der Waals surface area contributed by atoms with Crippen LogP contribution in [-0.2, 0) is 6.54 Å². The normalized spacial score (nSPS) is 14.3. The lowest BCUT2D eigenvalue weighted by Crippen LogP contribution is -2.36. The Morgan fingerprint density at radius 2 is 2.35 bits per heavy atom. The number of urea groups is 1. The molecule has 0 radical (unpaired) electrons. The van der Waals surface area contributed by atoms with E-state index in [0.717, 1.165) is 12.8 Å². The van der Waals surface area contributed by atoms with Crippen LogP contribution in [0.2, 0.25) is 0 Å². The third-order valence-corrected chi connectivity index (χ3v) is 5.29. The first-order chi connectivity index (χ1) is 12.7. The number of carbonyl (C=O) groups excluding carboxylic acids is 1. The lowest BCUT2D eigenvalue weighted by molar-refractivity contribution is 0.210. The Bertz CT molecular complexity index is 989. The van der Waals surface area contributed by atoms with Gasteiger partial charge in [-0.15, -0.1) is 11.3 Å². The second kappa shape index (κ2) is 6.87. The average molecular weight is 374 g/mol. The number of thiazole rings is 1. The van der Waals surface area contributed by atoms with Crippen molar-refractivity contribution >= 4 is 28.0 Å². The Labute approximate surface area is 152 Å². The minimum absolute atomic E-state index is 0.132. The molecule has 1 aliphatic rings. The van der Waals surface area contributed by atoms with Gasteiger partial charge in [-0.1, -0.05) is 11.6 Å². The van der Waals surface area contributed by atoms with Gasteiger partial charge in [0.1, 0.15) is 5.69 Å². The second-order valence-corrected chi connectivity index (χ2v) is 7.03. The van der Waals surface area contributed by atoms with Crippen LogP contribution in [0.5, 0.6) is 0 Å². The molecule has 0 saturated heterocycles. The molecule has 1 saturated carbocycles. The Hall–Kier alpha value is -2.75. The second-order valence-electron chi connectivity index (χ2n) is 6.15. The summed E-state index contributed by atoms with van der Waals surface area (Å²) in [4.78, 5) is 35.6. The van der Waals surface area contributed by atoms with Gasteiger partial charge in [-0.2, -0.15) is 4.98 Å². The molecule has 0 atom stereocenters. The molecule has 3 aromatic rings. The number of nitrogens with one attached hydrogen (secondary N) is 1. The summed E-state index contributed by atoms with van der Waals surface area (Å²) in [6.07, 6.45) is 6.33. The van der Waals surface area contributed by atoms with E-state index in [1.807, 2.05) is 6.92 Å². The molecule has 9 nitrogen and oxygen atoms in total. The molecule has 0 spiro atoms. The molecular formula is C16H18N6O3S. The van der Waals surface area contributed by atoms with Gasteiger partial charge in [0.15, 0.2) is 10.8 Å². The maximum atomic E-state index is 12.5. The van der Waals surface area contributed by atoms with Crippen molar-refractivity contribution in [2.24, 2.45) is 0 Å². The Kier molecular flexibility index (Phi) is 4.41. The molecule has 3 heterocycles. The molecule has 0 aromatic carbocycles. The van der Waals surface area contributed by atoms with Gasteiger partial charge in [-0.3, -0.25) is 9.20 Å². The van der Waals surface area contributed by atoms with Crippen LogP contribution >= 0.6 is 11.3 Å². The van der Waals surface area contributed by atoms with E-state index in [1.54, 1.807) is 11.6 Å². The monoisotopic (exact) mass is 374 g/mol. The summed E-state index contributed by atoms with van der Waals surface area (Å²) in [5.41, 5.74) is -0.180. The van der Waals surface area contributed by atoms with Crippen molar-refractivity contribution in [3.8, 4) is 0 Å². The van der Waals surface area contributed by atoms with Crippen molar-refractivity contribution in [1.29, 1.82) is 0 Å². The molecule has 1 N–H and O–H groups in total. The van der Waals surface area contributed by atoms with Crippen molar-refractivity contribution in [3.63, 3.8) is 0 Å². The van der Waals surface area contributed by atoms with Crippen LogP contribution in [0, 0.1) is 0 Å². The summed E-state index contributed by atoms with van der Waals surface area (Å²) in [7, 11) is 0. The molecule has 1 aliphatic carbocycles. The molecule has 136 valence electrons. The van der Waals surface area contributed by atoms with Gasteiger partial charge in [0.25, 0.3) is 5.56 Å². The molecule has 3 aromatic heterocycles. The summed E-state index contributed by atoms with van der Waals surface area (Å²) in [5, 5.41) is 8.36. The van der Waals surface area contributed by atoms with Crippen LogP contribution in [0.3, 0.4) is 0 Å². The number of hydrogen-bond donors (Lipinski definition) is 1. The first-order valence-electron chi connectivity index (χ1n) is 8.49. The van der Waals surface area contributed by atoms with Crippen molar-refractivity contribution in [1.82, 2.24) is 24.4 Å². The smallest absolute Gasteiger partial charge is 0.322 e. The molecule has 4 rings (SSSR count). The quantitative estimate of drug-likeness (QED) is 0.735. The SMILES string of the molecule is CCN(Cc1noc(C2CCC2)n1)C(=O)Nc1cnc2sccn2c1=O. The molecule has 10 heteroatoms. The number of rotatable bonds is 5. The van der Waals surface area contributed by atoms with Gasteiger partial charge in [0.05, 0.1) is 12.7 Å². The zero-order valence-corrected chi connectivity index (χ0v) is 15.0. The highest BCUT2D eigenvalue weighted by Gasteiger charge is 2.26. The van der Waals surface area contributed by atoms with Gasteiger partial charge in [0, 0.05) is 24.0 Å². The van der Waals surface area contributed by atoms with Gasteiger partial charge < -0.3 is 14.7 Å². The predicted molar refractivity (Wildman–Crippen MR) is 95.3 cm³/mol. The lowest BCUT2D eigenvalue weighted by Gasteiger charge is -2.21. The molecule has 0 unspecified atom stereocenters. The molecule has 0 aliphatic heterocycles. The molecule has 0 bridgehead atoms. The highest BCUT2D eigenvalue weighted by atomic mass is 32.1. The van der Waals surface area contributed by atoms with Gasteiger partial charge in [-0.25, -0.2) is 9.78 Å².